The maximum absolute atomic E-state index is 13.1. The third-order valence-electron chi connectivity index (χ3n) is 6.05. The number of carbonyl (C=O) groups excluding carboxylic acids is 1. The van der Waals surface area contributed by atoms with Crippen LogP contribution in [0, 0.1) is 0 Å². The Morgan fingerprint density at radius 1 is 1.26 bits per heavy atom. The first-order chi connectivity index (χ1) is 12.9. The number of carbonyl (C=O) groups is 1. The van der Waals surface area contributed by atoms with Crippen molar-refractivity contribution in [1.82, 2.24) is 9.80 Å². The zero-order chi connectivity index (χ0) is 19.4. The van der Waals surface area contributed by atoms with Crippen molar-refractivity contribution in [3.63, 3.8) is 0 Å². The molecule has 3 rings (SSSR count). The van der Waals surface area contributed by atoms with Gasteiger partial charge in [-0.2, -0.15) is 0 Å². The standard InChI is InChI=1S/C22H34N2O3/c1-17(2)19-7-5-18(6-8-19)15-24-12-4-11-22(26,21(24)25)16-23(3)20-9-13-27-14-10-20/h5-8,17,20,26H,4,9-16H2,1-3H3. The zero-order valence-corrected chi connectivity index (χ0v) is 17.0. The summed E-state index contributed by atoms with van der Waals surface area (Å²) >= 11 is 0. The Morgan fingerprint density at radius 3 is 2.56 bits per heavy atom. The second-order valence-electron chi connectivity index (χ2n) is 8.52. The summed E-state index contributed by atoms with van der Waals surface area (Å²) in [6.45, 7) is 7.57. The predicted octanol–water partition coefficient (Wildman–Crippen LogP) is 2.77. The smallest absolute Gasteiger partial charge is 0.256 e. The summed E-state index contributed by atoms with van der Waals surface area (Å²) in [5.41, 5.74) is 1.15. The first-order valence-electron chi connectivity index (χ1n) is 10.3. The summed E-state index contributed by atoms with van der Waals surface area (Å²) in [5, 5.41) is 11.1. The van der Waals surface area contributed by atoms with E-state index in [2.05, 4.69) is 43.0 Å². The van der Waals surface area contributed by atoms with Gasteiger partial charge in [0.15, 0.2) is 5.60 Å². The van der Waals surface area contributed by atoms with E-state index in [9.17, 15) is 9.90 Å². The van der Waals surface area contributed by atoms with E-state index in [0.29, 0.717) is 38.0 Å². The van der Waals surface area contributed by atoms with Gasteiger partial charge in [-0.05, 0) is 49.8 Å². The molecular weight excluding hydrogens is 340 g/mol. The number of piperidine rings is 1. The van der Waals surface area contributed by atoms with Gasteiger partial charge >= 0.3 is 0 Å². The van der Waals surface area contributed by atoms with Gasteiger partial charge in [0.25, 0.3) is 5.91 Å². The Balaban J connectivity index is 1.63. The number of likely N-dealkylation sites (tertiary alicyclic amines) is 1. The summed E-state index contributed by atoms with van der Waals surface area (Å²) in [6, 6.07) is 8.86. The molecule has 2 aliphatic heterocycles. The molecule has 27 heavy (non-hydrogen) atoms. The van der Waals surface area contributed by atoms with Crippen molar-refractivity contribution in [1.29, 1.82) is 0 Å². The molecule has 0 aliphatic carbocycles. The third kappa shape index (κ3) is 4.89. The Labute approximate surface area is 163 Å². The first kappa shape index (κ1) is 20.3. The van der Waals surface area contributed by atoms with Crippen LogP contribution in [0.5, 0.6) is 0 Å². The molecule has 5 nitrogen and oxygen atoms in total. The molecule has 1 aromatic carbocycles. The molecule has 0 aromatic heterocycles. The number of hydrogen-bond donors (Lipinski definition) is 1. The van der Waals surface area contributed by atoms with Crippen LogP contribution in [0.2, 0.25) is 0 Å². The fourth-order valence-corrected chi connectivity index (χ4v) is 4.26. The maximum Gasteiger partial charge on any atom is 0.256 e. The lowest BCUT2D eigenvalue weighted by Gasteiger charge is -2.42. The molecule has 5 heteroatoms. The molecule has 2 heterocycles. The van der Waals surface area contributed by atoms with Crippen molar-refractivity contribution in [2.45, 2.75) is 63.6 Å². The van der Waals surface area contributed by atoms with Gasteiger partial charge in [-0.15, -0.1) is 0 Å². The van der Waals surface area contributed by atoms with Crippen LogP contribution in [0.3, 0.4) is 0 Å². The Bertz CT molecular complexity index is 625. The molecule has 1 atom stereocenters. The van der Waals surface area contributed by atoms with Crippen LogP contribution in [-0.4, -0.2) is 65.8 Å². The second kappa shape index (κ2) is 8.72. The maximum atomic E-state index is 13.1. The van der Waals surface area contributed by atoms with Crippen LogP contribution in [0.25, 0.3) is 0 Å². The van der Waals surface area contributed by atoms with E-state index in [-0.39, 0.29) is 5.91 Å². The van der Waals surface area contributed by atoms with Gasteiger partial charge in [0, 0.05) is 38.9 Å². The van der Waals surface area contributed by atoms with Gasteiger partial charge in [0.2, 0.25) is 0 Å². The lowest BCUT2D eigenvalue weighted by molar-refractivity contribution is -0.161. The van der Waals surface area contributed by atoms with Crippen molar-refractivity contribution < 1.29 is 14.6 Å². The fourth-order valence-electron chi connectivity index (χ4n) is 4.26. The van der Waals surface area contributed by atoms with E-state index < -0.39 is 5.60 Å². The molecule has 1 N–H and O–H groups in total. The van der Waals surface area contributed by atoms with Crippen molar-refractivity contribution in [2.24, 2.45) is 0 Å². The molecule has 1 aromatic rings. The highest BCUT2D eigenvalue weighted by molar-refractivity contribution is 5.86. The summed E-state index contributed by atoms with van der Waals surface area (Å²) in [6.07, 6.45) is 3.31. The van der Waals surface area contributed by atoms with Gasteiger partial charge in [0.1, 0.15) is 0 Å². The first-order valence-corrected chi connectivity index (χ1v) is 10.3. The van der Waals surface area contributed by atoms with E-state index in [1.807, 2.05) is 11.9 Å². The van der Waals surface area contributed by atoms with Crippen LogP contribution >= 0.6 is 0 Å². The van der Waals surface area contributed by atoms with Crippen LogP contribution < -0.4 is 0 Å². The van der Waals surface area contributed by atoms with E-state index >= 15 is 0 Å². The molecule has 0 bridgehead atoms. The van der Waals surface area contributed by atoms with Gasteiger partial charge in [-0.25, -0.2) is 0 Å². The lowest BCUT2D eigenvalue weighted by atomic mass is 9.90. The molecule has 2 aliphatic rings. The molecule has 0 spiro atoms. The average molecular weight is 375 g/mol. The van der Waals surface area contributed by atoms with Crippen LogP contribution in [0.15, 0.2) is 24.3 Å². The van der Waals surface area contributed by atoms with E-state index in [4.69, 9.17) is 4.74 Å². The van der Waals surface area contributed by atoms with E-state index in [1.165, 1.54) is 5.56 Å². The minimum atomic E-state index is -1.27. The van der Waals surface area contributed by atoms with Gasteiger partial charge < -0.3 is 14.7 Å². The van der Waals surface area contributed by atoms with Crippen molar-refractivity contribution in [3.8, 4) is 0 Å². The average Bonchev–Trinajstić information content (AvgIpc) is 2.67. The number of amides is 1. The molecule has 1 amide bonds. The Kier molecular flexibility index (Phi) is 6.56. The fraction of sp³-hybridized carbons (Fsp3) is 0.682. The number of rotatable bonds is 6. The third-order valence-corrected chi connectivity index (χ3v) is 6.05. The minimum absolute atomic E-state index is 0.124. The molecule has 1 unspecified atom stereocenters. The summed E-state index contributed by atoms with van der Waals surface area (Å²) in [5.74, 6) is 0.377. The number of benzene rings is 1. The van der Waals surface area contributed by atoms with Gasteiger partial charge in [-0.1, -0.05) is 38.1 Å². The SMILES string of the molecule is CC(C)c1ccc(CN2CCCC(O)(CN(C)C3CCOCC3)C2=O)cc1. The van der Waals surface area contributed by atoms with Crippen molar-refractivity contribution >= 4 is 5.91 Å². The highest BCUT2D eigenvalue weighted by Gasteiger charge is 2.43. The molecule has 150 valence electrons. The topological polar surface area (TPSA) is 53.0 Å². The number of hydrogen-bond acceptors (Lipinski definition) is 4. The molecule has 0 saturated carbocycles. The van der Waals surface area contributed by atoms with E-state index in [1.54, 1.807) is 0 Å². The minimum Gasteiger partial charge on any atom is -0.381 e. The lowest BCUT2D eigenvalue weighted by Crippen LogP contribution is -2.59. The second-order valence-corrected chi connectivity index (χ2v) is 8.52. The van der Waals surface area contributed by atoms with Crippen molar-refractivity contribution in [3.05, 3.63) is 35.4 Å². The highest BCUT2D eigenvalue weighted by atomic mass is 16.5. The number of aliphatic hydroxyl groups is 1. The number of nitrogens with zero attached hydrogens (tertiary/aromatic N) is 2. The van der Waals surface area contributed by atoms with Gasteiger partial charge in [-0.3, -0.25) is 9.69 Å². The monoisotopic (exact) mass is 374 g/mol. The van der Waals surface area contributed by atoms with Crippen molar-refractivity contribution in [2.75, 3.05) is 33.4 Å². The largest absolute Gasteiger partial charge is 0.381 e. The van der Waals surface area contributed by atoms with Gasteiger partial charge in [0.05, 0.1) is 0 Å². The summed E-state index contributed by atoms with van der Waals surface area (Å²) < 4.78 is 5.43. The van der Waals surface area contributed by atoms with Crippen LogP contribution in [0.1, 0.15) is 56.6 Å². The summed E-state index contributed by atoms with van der Waals surface area (Å²) in [7, 11) is 2.02. The normalized spacial score (nSPS) is 24.8. The molecule has 2 fully saturated rings. The zero-order valence-electron chi connectivity index (χ0n) is 17.0. The highest BCUT2D eigenvalue weighted by Crippen LogP contribution is 2.27. The predicted molar refractivity (Wildman–Crippen MR) is 107 cm³/mol. The number of ether oxygens (including phenoxy) is 1. The summed E-state index contributed by atoms with van der Waals surface area (Å²) in [4.78, 5) is 17.0. The van der Waals surface area contributed by atoms with Crippen LogP contribution in [0.4, 0.5) is 0 Å². The Morgan fingerprint density at radius 2 is 1.93 bits per heavy atom. The quantitative estimate of drug-likeness (QED) is 0.832. The molecule has 0 radical (unpaired) electrons. The van der Waals surface area contributed by atoms with E-state index in [0.717, 1.165) is 38.0 Å². The number of likely N-dealkylation sites (N-methyl/N-ethyl adjacent to an activating group) is 1. The molecular formula is C22H34N2O3. The molecule has 2 saturated heterocycles. The Hall–Kier alpha value is -1.43. The van der Waals surface area contributed by atoms with Crippen LogP contribution in [-0.2, 0) is 16.1 Å².